The summed E-state index contributed by atoms with van der Waals surface area (Å²) in [6.07, 6.45) is 0.492. The lowest BCUT2D eigenvalue weighted by Gasteiger charge is -2.07. The number of carbonyl (C=O) groups excluding carboxylic acids is 1. The molecule has 0 saturated heterocycles. The molecule has 2 aromatic rings. The van der Waals surface area contributed by atoms with Gasteiger partial charge in [-0.25, -0.2) is 0 Å². The first-order chi connectivity index (χ1) is 9.63. The molecule has 0 heterocycles. The minimum absolute atomic E-state index is 0.0866. The second kappa shape index (κ2) is 5.63. The van der Waals surface area contributed by atoms with Crippen LogP contribution in [0.1, 0.15) is 15.9 Å². The lowest BCUT2D eigenvalue weighted by Crippen LogP contribution is -1.94. The summed E-state index contributed by atoms with van der Waals surface area (Å²) >= 11 is 0. The summed E-state index contributed by atoms with van der Waals surface area (Å²) in [7, 11) is 0. The summed E-state index contributed by atoms with van der Waals surface area (Å²) in [5.41, 5.74) is 0.388. The number of ether oxygens (including phenoxy) is 1. The van der Waals surface area contributed by atoms with E-state index in [1.807, 2.05) is 6.07 Å². The van der Waals surface area contributed by atoms with Crippen molar-refractivity contribution in [3.63, 3.8) is 0 Å². The molecule has 0 aliphatic heterocycles. The molecule has 0 spiro atoms. The Hall–Kier alpha value is -3.20. The Labute approximate surface area is 114 Å². The fourth-order valence-electron chi connectivity index (χ4n) is 1.56. The average Bonchev–Trinajstić information content (AvgIpc) is 2.48. The van der Waals surface area contributed by atoms with E-state index in [-0.39, 0.29) is 17.0 Å². The van der Waals surface area contributed by atoms with Crippen molar-refractivity contribution in [2.24, 2.45) is 0 Å². The van der Waals surface area contributed by atoms with E-state index in [1.165, 1.54) is 12.1 Å². The Morgan fingerprint density at radius 3 is 2.45 bits per heavy atom. The van der Waals surface area contributed by atoms with Crippen molar-refractivity contribution in [2.75, 3.05) is 0 Å². The molecule has 2 aromatic carbocycles. The summed E-state index contributed by atoms with van der Waals surface area (Å²) in [6, 6.07) is 12.0. The van der Waals surface area contributed by atoms with Crippen molar-refractivity contribution < 1.29 is 14.5 Å². The van der Waals surface area contributed by atoms with Crippen LogP contribution >= 0.6 is 0 Å². The van der Waals surface area contributed by atoms with Crippen LogP contribution in [0.5, 0.6) is 11.5 Å². The molecule has 0 atom stereocenters. The second-order valence-corrected chi connectivity index (χ2v) is 3.84. The second-order valence-electron chi connectivity index (χ2n) is 3.84. The molecule has 0 unspecified atom stereocenters. The molecule has 0 aromatic heterocycles. The molecule has 0 saturated carbocycles. The highest BCUT2D eigenvalue weighted by Crippen LogP contribution is 2.27. The molecule has 98 valence electrons. The summed E-state index contributed by atoms with van der Waals surface area (Å²) in [5.74, 6) is 0.649. The van der Waals surface area contributed by atoms with Gasteiger partial charge >= 0.3 is 0 Å². The van der Waals surface area contributed by atoms with E-state index in [0.717, 1.165) is 6.07 Å². The number of benzene rings is 2. The molecule has 0 N–H and O–H groups in total. The van der Waals surface area contributed by atoms with Crippen LogP contribution in [0.3, 0.4) is 0 Å². The first kappa shape index (κ1) is 13.2. The Morgan fingerprint density at radius 1 is 1.20 bits per heavy atom. The van der Waals surface area contributed by atoms with Crippen LogP contribution in [0.25, 0.3) is 0 Å². The zero-order chi connectivity index (χ0) is 14.5. The average molecular weight is 268 g/mol. The third-order valence-corrected chi connectivity index (χ3v) is 2.54. The lowest BCUT2D eigenvalue weighted by molar-refractivity contribution is -0.384. The van der Waals surface area contributed by atoms with E-state index in [2.05, 4.69) is 0 Å². The number of carbonyl (C=O) groups is 1. The number of nitro benzene ring substituents is 1. The number of nitro groups is 1. The van der Waals surface area contributed by atoms with Gasteiger partial charge in [-0.05, 0) is 30.3 Å². The van der Waals surface area contributed by atoms with Crippen molar-refractivity contribution in [1.82, 2.24) is 0 Å². The summed E-state index contributed by atoms with van der Waals surface area (Å²) < 4.78 is 5.47. The van der Waals surface area contributed by atoms with Gasteiger partial charge in [0.2, 0.25) is 0 Å². The molecule has 6 nitrogen and oxygen atoms in total. The van der Waals surface area contributed by atoms with E-state index >= 15 is 0 Å². The quantitative estimate of drug-likeness (QED) is 0.482. The van der Waals surface area contributed by atoms with Gasteiger partial charge < -0.3 is 4.74 Å². The smallest absolute Gasteiger partial charge is 0.270 e. The molecule has 0 radical (unpaired) electrons. The van der Waals surface area contributed by atoms with Crippen molar-refractivity contribution in [3.8, 4) is 17.6 Å². The summed E-state index contributed by atoms with van der Waals surface area (Å²) in [4.78, 5) is 21.0. The van der Waals surface area contributed by atoms with E-state index in [9.17, 15) is 14.9 Å². The zero-order valence-electron chi connectivity index (χ0n) is 10.1. The number of hydrogen-bond acceptors (Lipinski definition) is 5. The predicted octanol–water partition coefficient (Wildman–Crippen LogP) is 3.07. The highest BCUT2D eigenvalue weighted by molar-refractivity contribution is 5.80. The monoisotopic (exact) mass is 268 g/mol. The van der Waals surface area contributed by atoms with Crippen LogP contribution in [0, 0.1) is 21.4 Å². The van der Waals surface area contributed by atoms with E-state index in [0.29, 0.717) is 17.6 Å². The lowest BCUT2D eigenvalue weighted by atomic mass is 10.2. The van der Waals surface area contributed by atoms with Crippen molar-refractivity contribution in [2.45, 2.75) is 0 Å². The van der Waals surface area contributed by atoms with Gasteiger partial charge in [0.1, 0.15) is 11.5 Å². The number of rotatable bonds is 4. The molecule has 0 aliphatic rings. The Kier molecular flexibility index (Phi) is 3.72. The third kappa shape index (κ3) is 2.79. The number of hydrogen-bond donors (Lipinski definition) is 0. The highest BCUT2D eigenvalue weighted by atomic mass is 16.6. The summed E-state index contributed by atoms with van der Waals surface area (Å²) in [6.45, 7) is 0. The molecule has 6 heteroatoms. The SMILES string of the molecule is N#Cc1ccc(Oc2ccc([N+](=O)[O-])cc2C=O)cc1. The number of nitriles is 1. The van der Waals surface area contributed by atoms with Crippen LogP contribution in [-0.4, -0.2) is 11.2 Å². The maximum Gasteiger partial charge on any atom is 0.270 e. The molecule has 0 bridgehead atoms. The van der Waals surface area contributed by atoms with Crippen LogP contribution in [0.15, 0.2) is 42.5 Å². The van der Waals surface area contributed by atoms with E-state index in [4.69, 9.17) is 10.00 Å². The first-order valence-corrected chi connectivity index (χ1v) is 5.55. The van der Waals surface area contributed by atoms with Crippen molar-refractivity contribution in [1.29, 1.82) is 5.26 Å². The van der Waals surface area contributed by atoms with Crippen LogP contribution in [-0.2, 0) is 0 Å². The predicted molar refractivity (Wildman–Crippen MR) is 69.7 cm³/mol. The van der Waals surface area contributed by atoms with Gasteiger partial charge in [-0.3, -0.25) is 14.9 Å². The standard InChI is InChI=1S/C14H8N2O4/c15-8-10-1-4-13(5-2-10)20-14-6-3-12(16(18)19)7-11(14)9-17/h1-7,9H. The van der Waals surface area contributed by atoms with Gasteiger partial charge in [0.25, 0.3) is 5.69 Å². The Bertz CT molecular complexity index is 702. The maximum absolute atomic E-state index is 10.9. The Balaban J connectivity index is 2.30. The minimum atomic E-state index is -0.585. The fraction of sp³-hybridized carbons (Fsp3) is 0. The van der Waals surface area contributed by atoms with Gasteiger partial charge in [-0.1, -0.05) is 0 Å². The van der Waals surface area contributed by atoms with Gasteiger partial charge in [-0.15, -0.1) is 0 Å². The molecule has 2 rings (SSSR count). The van der Waals surface area contributed by atoms with Crippen molar-refractivity contribution in [3.05, 3.63) is 63.7 Å². The topological polar surface area (TPSA) is 93.2 Å². The van der Waals surface area contributed by atoms with Gasteiger partial charge in [-0.2, -0.15) is 5.26 Å². The largest absolute Gasteiger partial charge is 0.457 e. The first-order valence-electron chi connectivity index (χ1n) is 5.55. The maximum atomic E-state index is 10.9. The molecule has 0 aliphatic carbocycles. The molecular weight excluding hydrogens is 260 g/mol. The molecule has 0 amide bonds. The van der Waals surface area contributed by atoms with Crippen LogP contribution in [0.2, 0.25) is 0 Å². The highest BCUT2D eigenvalue weighted by Gasteiger charge is 2.11. The van der Waals surface area contributed by atoms with Crippen LogP contribution in [0.4, 0.5) is 5.69 Å². The van der Waals surface area contributed by atoms with Gasteiger partial charge in [0.05, 0.1) is 22.1 Å². The van der Waals surface area contributed by atoms with E-state index in [1.54, 1.807) is 24.3 Å². The third-order valence-electron chi connectivity index (χ3n) is 2.54. The fourth-order valence-corrected chi connectivity index (χ4v) is 1.56. The molecule has 0 fully saturated rings. The number of nitrogens with zero attached hydrogens (tertiary/aromatic N) is 2. The van der Waals surface area contributed by atoms with Gasteiger partial charge in [0.15, 0.2) is 6.29 Å². The number of non-ortho nitro benzene ring substituents is 1. The molecular formula is C14H8N2O4. The minimum Gasteiger partial charge on any atom is -0.457 e. The summed E-state index contributed by atoms with van der Waals surface area (Å²) in [5, 5.41) is 19.3. The normalized spacial score (nSPS) is 9.55. The zero-order valence-corrected chi connectivity index (χ0v) is 10.1. The van der Waals surface area contributed by atoms with Gasteiger partial charge in [0, 0.05) is 12.1 Å². The van der Waals surface area contributed by atoms with Crippen LogP contribution < -0.4 is 4.74 Å². The van der Waals surface area contributed by atoms with Crippen molar-refractivity contribution >= 4 is 12.0 Å². The Morgan fingerprint density at radius 2 is 1.90 bits per heavy atom. The van der Waals surface area contributed by atoms with E-state index < -0.39 is 4.92 Å². The molecule has 20 heavy (non-hydrogen) atoms. The number of aldehydes is 1.